The SMILES string of the molecule is [N-]=[N+]=N[C@]1(COP2(=O)OCC[C@@H](c3ccccc3Br)O2)O[C@@H](n2ccc(=O)[nH]c2=O)[C@H](O)[C@@H]1O. The normalized spacial score (nSPS) is 33.4. The Morgan fingerprint density at radius 2 is 2.12 bits per heavy atom. The van der Waals surface area contributed by atoms with Crippen molar-refractivity contribution in [1.82, 2.24) is 9.55 Å². The van der Waals surface area contributed by atoms with Crippen LogP contribution in [0.2, 0.25) is 0 Å². The summed E-state index contributed by atoms with van der Waals surface area (Å²) >= 11 is 3.41. The highest BCUT2D eigenvalue weighted by Crippen LogP contribution is 2.58. The zero-order valence-electron chi connectivity index (χ0n) is 17.3. The van der Waals surface area contributed by atoms with Gasteiger partial charge in [-0.25, -0.2) is 9.36 Å². The molecule has 2 fully saturated rings. The molecule has 2 saturated heterocycles. The van der Waals surface area contributed by atoms with E-state index in [1.807, 2.05) is 4.98 Å². The number of hydrogen-bond donors (Lipinski definition) is 3. The van der Waals surface area contributed by atoms with Gasteiger partial charge in [-0.05, 0) is 17.2 Å². The predicted octanol–water partition coefficient (Wildman–Crippen LogP) is 1.86. The molecule has 0 bridgehead atoms. The quantitative estimate of drug-likeness (QED) is 0.204. The molecule has 0 aliphatic carbocycles. The average molecular weight is 560 g/mol. The number of phosphoric ester groups is 1. The van der Waals surface area contributed by atoms with E-state index in [9.17, 15) is 24.4 Å². The number of aromatic amines is 1. The van der Waals surface area contributed by atoms with Gasteiger partial charge in [0.1, 0.15) is 12.2 Å². The molecule has 1 aromatic carbocycles. The number of halogens is 1. The maximum absolute atomic E-state index is 13.2. The van der Waals surface area contributed by atoms with E-state index in [0.29, 0.717) is 12.0 Å². The summed E-state index contributed by atoms with van der Waals surface area (Å²) in [7, 11) is -4.22. The van der Waals surface area contributed by atoms with Crippen molar-refractivity contribution < 1.29 is 33.1 Å². The largest absolute Gasteiger partial charge is 0.475 e. The Morgan fingerprint density at radius 3 is 2.82 bits per heavy atom. The van der Waals surface area contributed by atoms with Crippen LogP contribution >= 0.6 is 23.8 Å². The number of azide groups is 1. The lowest BCUT2D eigenvalue weighted by atomic mass is 10.1. The van der Waals surface area contributed by atoms with Gasteiger partial charge in [0.25, 0.3) is 5.56 Å². The third kappa shape index (κ3) is 4.75. The lowest BCUT2D eigenvalue weighted by Crippen LogP contribution is -2.45. The fourth-order valence-electron chi connectivity index (χ4n) is 3.63. The lowest BCUT2D eigenvalue weighted by Gasteiger charge is -2.32. The van der Waals surface area contributed by atoms with Crippen molar-refractivity contribution in [3.63, 3.8) is 0 Å². The molecule has 14 nitrogen and oxygen atoms in total. The van der Waals surface area contributed by atoms with Crippen LogP contribution in [0.15, 0.2) is 55.7 Å². The second-order valence-electron chi connectivity index (χ2n) is 7.45. The van der Waals surface area contributed by atoms with Gasteiger partial charge in [0.15, 0.2) is 6.23 Å². The minimum absolute atomic E-state index is 0.0270. The van der Waals surface area contributed by atoms with Crippen LogP contribution in [-0.2, 0) is 22.9 Å². The summed E-state index contributed by atoms with van der Waals surface area (Å²) in [4.78, 5) is 28.0. The van der Waals surface area contributed by atoms with Crippen molar-refractivity contribution in [3.05, 3.63) is 77.8 Å². The van der Waals surface area contributed by atoms with Gasteiger partial charge < -0.3 is 14.9 Å². The fraction of sp³-hybridized carbons (Fsp3) is 0.444. The van der Waals surface area contributed by atoms with Gasteiger partial charge in [0, 0.05) is 28.1 Å². The Labute approximate surface area is 199 Å². The molecule has 4 rings (SSSR count). The van der Waals surface area contributed by atoms with E-state index in [4.69, 9.17) is 23.8 Å². The van der Waals surface area contributed by atoms with Gasteiger partial charge in [-0.1, -0.05) is 39.2 Å². The van der Waals surface area contributed by atoms with Gasteiger partial charge >= 0.3 is 13.5 Å². The van der Waals surface area contributed by atoms with E-state index in [1.165, 1.54) is 0 Å². The second kappa shape index (κ2) is 9.74. The van der Waals surface area contributed by atoms with Crippen molar-refractivity contribution in [2.75, 3.05) is 13.2 Å². The number of phosphoric acid groups is 1. The predicted molar refractivity (Wildman–Crippen MR) is 117 cm³/mol. The Bertz CT molecular complexity index is 1280. The van der Waals surface area contributed by atoms with E-state index in [2.05, 4.69) is 26.0 Å². The zero-order valence-corrected chi connectivity index (χ0v) is 19.7. The molecule has 3 N–H and O–H groups in total. The maximum Gasteiger partial charge on any atom is 0.475 e. The molecule has 0 saturated carbocycles. The number of nitrogens with zero attached hydrogens (tertiary/aromatic N) is 4. The molecular weight excluding hydrogens is 541 g/mol. The Hall–Kier alpha value is -2.32. The molecule has 34 heavy (non-hydrogen) atoms. The van der Waals surface area contributed by atoms with Crippen molar-refractivity contribution in [2.24, 2.45) is 5.11 Å². The summed E-state index contributed by atoms with van der Waals surface area (Å²) in [5.74, 6) is 0. The maximum atomic E-state index is 13.2. The van der Waals surface area contributed by atoms with Gasteiger partial charge in [-0.3, -0.25) is 27.9 Å². The molecule has 0 amide bonds. The number of aliphatic hydroxyl groups excluding tert-OH is 2. The number of benzene rings is 1. The monoisotopic (exact) mass is 559 g/mol. The summed E-state index contributed by atoms with van der Waals surface area (Å²) in [5.41, 5.74) is 5.83. The standard InChI is InChI=1S/C18H19BrN5O9P/c19-11-4-2-1-3-10(11)12-6-8-30-34(29,33-12)31-9-18(22-23-20)15(27)14(26)16(32-18)24-7-5-13(25)21-17(24)28/h1-5,7,12,14-16,26-27H,6,8-9H2,(H,21,25,28)/t12-,14+,15-,16+,18+,34?/m0/s1. The Kier molecular flexibility index (Phi) is 7.10. The molecule has 182 valence electrons. The number of aromatic nitrogens is 2. The number of hydrogen-bond acceptors (Lipinski definition) is 10. The van der Waals surface area contributed by atoms with Crippen LogP contribution in [-0.4, -0.2) is 50.9 Å². The van der Waals surface area contributed by atoms with Crippen molar-refractivity contribution in [3.8, 4) is 0 Å². The molecule has 1 aromatic heterocycles. The van der Waals surface area contributed by atoms with Gasteiger partial charge in [-0.15, -0.1) is 0 Å². The number of rotatable bonds is 6. The van der Waals surface area contributed by atoms with Crippen LogP contribution in [0.3, 0.4) is 0 Å². The molecule has 0 spiro atoms. The van der Waals surface area contributed by atoms with Crippen LogP contribution in [0.25, 0.3) is 10.4 Å². The molecule has 2 aromatic rings. The first-order valence-electron chi connectivity index (χ1n) is 9.92. The fourth-order valence-corrected chi connectivity index (χ4v) is 5.56. The van der Waals surface area contributed by atoms with E-state index < -0.39 is 55.9 Å². The second-order valence-corrected chi connectivity index (χ2v) is 9.93. The Balaban J connectivity index is 1.56. The van der Waals surface area contributed by atoms with Crippen LogP contribution in [0, 0.1) is 0 Å². The molecule has 6 atom stereocenters. The summed E-state index contributed by atoms with van der Waals surface area (Å²) in [6.07, 6.45) is -4.46. The first-order valence-corrected chi connectivity index (χ1v) is 12.2. The summed E-state index contributed by atoms with van der Waals surface area (Å²) < 4.78 is 36.4. The van der Waals surface area contributed by atoms with Crippen LogP contribution in [0.1, 0.15) is 24.3 Å². The summed E-state index contributed by atoms with van der Waals surface area (Å²) in [5, 5.41) is 24.5. The van der Waals surface area contributed by atoms with Crippen LogP contribution < -0.4 is 11.2 Å². The van der Waals surface area contributed by atoms with Crippen molar-refractivity contribution in [1.29, 1.82) is 0 Å². The Morgan fingerprint density at radius 1 is 1.35 bits per heavy atom. The highest BCUT2D eigenvalue weighted by molar-refractivity contribution is 9.10. The smallest absolute Gasteiger partial charge is 0.387 e. The van der Waals surface area contributed by atoms with E-state index in [-0.39, 0.29) is 6.61 Å². The lowest BCUT2D eigenvalue weighted by molar-refractivity contribution is -0.127. The molecule has 3 heterocycles. The van der Waals surface area contributed by atoms with Crippen molar-refractivity contribution >= 4 is 23.8 Å². The van der Waals surface area contributed by atoms with Gasteiger partial charge in [0.2, 0.25) is 5.72 Å². The van der Waals surface area contributed by atoms with Crippen LogP contribution in [0.5, 0.6) is 0 Å². The molecule has 2 aliphatic rings. The highest BCUT2D eigenvalue weighted by atomic mass is 79.9. The first kappa shape index (κ1) is 24.8. The van der Waals surface area contributed by atoms with Gasteiger partial charge in [0.05, 0.1) is 19.3 Å². The zero-order chi connectivity index (χ0) is 24.5. The highest BCUT2D eigenvalue weighted by Gasteiger charge is 2.56. The number of H-pyrrole nitrogens is 1. The topological polar surface area (TPSA) is 198 Å². The molecule has 0 radical (unpaired) electrons. The molecule has 16 heteroatoms. The van der Waals surface area contributed by atoms with Crippen LogP contribution in [0.4, 0.5) is 0 Å². The number of ether oxygens (including phenoxy) is 1. The van der Waals surface area contributed by atoms with E-state index in [1.54, 1.807) is 24.3 Å². The summed E-state index contributed by atoms with van der Waals surface area (Å²) in [6.45, 7) is -0.816. The van der Waals surface area contributed by atoms with E-state index in [0.717, 1.165) is 21.3 Å². The third-order valence-electron chi connectivity index (χ3n) is 5.31. The molecule has 1 unspecified atom stereocenters. The average Bonchev–Trinajstić information content (AvgIpc) is 3.04. The minimum atomic E-state index is -4.22. The molecule has 2 aliphatic heterocycles. The third-order valence-corrected chi connectivity index (χ3v) is 7.49. The van der Waals surface area contributed by atoms with Gasteiger partial charge in [-0.2, -0.15) is 0 Å². The minimum Gasteiger partial charge on any atom is -0.387 e. The number of aliphatic hydroxyl groups is 2. The first-order chi connectivity index (χ1) is 16.2. The number of nitrogens with one attached hydrogen (secondary N) is 1. The van der Waals surface area contributed by atoms with E-state index >= 15 is 0 Å². The van der Waals surface area contributed by atoms with Crippen molar-refractivity contribution in [2.45, 2.75) is 36.7 Å². The summed E-state index contributed by atoms with van der Waals surface area (Å²) in [6, 6.07) is 8.15. The molecular formula is C18H19BrN5O9P.